The van der Waals surface area contributed by atoms with Crippen LogP contribution < -0.4 is 19.5 Å². The molecule has 0 aliphatic heterocycles. The molecule has 1 amide bonds. The van der Waals surface area contributed by atoms with Crippen LogP contribution in [0.25, 0.3) is 16.8 Å². The summed E-state index contributed by atoms with van der Waals surface area (Å²) < 4.78 is 18.8. The summed E-state index contributed by atoms with van der Waals surface area (Å²) in [4.78, 5) is 13.0. The number of carbonyl (C=O) groups is 1. The highest BCUT2D eigenvalue weighted by Gasteiger charge is 2.15. The number of hydrogen-bond donors (Lipinski definition) is 1. The molecule has 0 aromatic heterocycles. The number of nitrogens with one attached hydrogen (secondary N) is 1. The van der Waals surface area contributed by atoms with Gasteiger partial charge in [0.05, 0.1) is 10.2 Å². The molecule has 0 bridgehead atoms. The van der Waals surface area contributed by atoms with Gasteiger partial charge in [-0.2, -0.15) is 5.26 Å². The monoisotopic (exact) mass is 680 g/mol. The molecule has 0 unspecified atom stereocenters. The van der Waals surface area contributed by atoms with Crippen LogP contribution in [0.2, 0.25) is 0 Å². The van der Waals surface area contributed by atoms with E-state index < -0.39 is 5.91 Å². The Bertz CT molecular complexity index is 1790. The highest BCUT2D eigenvalue weighted by atomic mass is 127. The Hall–Kier alpha value is -4.81. The van der Waals surface area contributed by atoms with Crippen molar-refractivity contribution in [1.29, 1.82) is 5.26 Å². The number of anilines is 1. The van der Waals surface area contributed by atoms with Crippen LogP contribution in [0.4, 0.5) is 5.69 Å². The molecule has 6 nitrogen and oxygen atoms in total. The zero-order valence-electron chi connectivity index (χ0n) is 23.5. The summed E-state index contributed by atoms with van der Waals surface area (Å²) in [5.74, 6) is 1.33. The first-order valence-electron chi connectivity index (χ1n) is 13.8. The number of carbonyl (C=O) groups excluding carboxylic acids is 1. The van der Waals surface area contributed by atoms with E-state index in [9.17, 15) is 10.1 Å². The fraction of sp³-hybridized carbons (Fsp3) is 0.111. The molecule has 0 heterocycles. The second-order valence-electron chi connectivity index (χ2n) is 9.61. The van der Waals surface area contributed by atoms with Gasteiger partial charge in [-0.25, -0.2) is 0 Å². The first-order chi connectivity index (χ1) is 21.0. The van der Waals surface area contributed by atoms with Crippen LogP contribution in [-0.2, 0) is 18.0 Å². The minimum absolute atomic E-state index is 0.0351. The van der Waals surface area contributed by atoms with Gasteiger partial charge in [0.25, 0.3) is 5.91 Å². The summed E-state index contributed by atoms with van der Waals surface area (Å²) in [6.07, 6.45) is 1.55. The van der Waals surface area contributed by atoms with Crippen molar-refractivity contribution in [2.75, 3.05) is 11.9 Å². The van der Waals surface area contributed by atoms with Gasteiger partial charge in [-0.1, -0.05) is 72.8 Å². The minimum atomic E-state index is -0.510. The highest BCUT2D eigenvalue weighted by Crippen LogP contribution is 2.36. The van der Waals surface area contributed by atoms with Crippen LogP contribution >= 0.6 is 22.6 Å². The second-order valence-corrected chi connectivity index (χ2v) is 10.8. The molecule has 5 aromatic rings. The largest absolute Gasteiger partial charge is 0.490 e. The first kappa shape index (κ1) is 29.7. The third-order valence-electron chi connectivity index (χ3n) is 6.62. The number of halogens is 1. The van der Waals surface area contributed by atoms with Gasteiger partial charge in [0.15, 0.2) is 11.5 Å². The Morgan fingerprint density at radius 3 is 2.37 bits per heavy atom. The standard InChI is InChI=1S/C36H29IN2O4/c1-2-41-34-21-26(20-33(37)35(34)43-24-28-13-8-12-27-11-6-7-14-32(27)28)19-29(22-38)36(40)39-30-15-17-31(18-16-30)42-23-25-9-4-3-5-10-25/h3-21H,2,23-24H2,1H3,(H,39,40)/b29-19+. The van der Waals surface area contributed by atoms with E-state index in [4.69, 9.17) is 14.2 Å². The van der Waals surface area contributed by atoms with Gasteiger partial charge in [-0.3, -0.25) is 4.79 Å². The third kappa shape index (κ3) is 7.73. The number of hydrogen-bond acceptors (Lipinski definition) is 5. The quantitative estimate of drug-likeness (QED) is 0.0860. The van der Waals surface area contributed by atoms with E-state index in [0.29, 0.717) is 48.3 Å². The third-order valence-corrected chi connectivity index (χ3v) is 7.42. The lowest BCUT2D eigenvalue weighted by Crippen LogP contribution is -2.13. The van der Waals surface area contributed by atoms with E-state index in [2.05, 4.69) is 52.2 Å². The van der Waals surface area contributed by atoms with E-state index in [1.165, 1.54) is 0 Å². The Morgan fingerprint density at radius 2 is 1.60 bits per heavy atom. The van der Waals surface area contributed by atoms with Crippen molar-refractivity contribution in [3.05, 3.63) is 135 Å². The number of amides is 1. The summed E-state index contributed by atoms with van der Waals surface area (Å²) in [5.41, 5.74) is 3.31. The average Bonchev–Trinajstić information content (AvgIpc) is 3.03. The Kier molecular flexibility index (Phi) is 9.93. The lowest BCUT2D eigenvalue weighted by Gasteiger charge is -2.16. The Labute approximate surface area is 264 Å². The lowest BCUT2D eigenvalue weighted by molar-refractivity contribution is -0.112. The molecular weight excluding hydrogens is 651 g/mol. The van der Waals surface area contributed by atoms with Gasteiger partial charge >= 0.3 is 0 Å². The molecule has 7 heteroatoms. The number of nitriles is 1. The number of fused-ring (bicyclic) bond motifs is 1. The maximum absolute atomic E-state index is 13.0. The molecular formula is C36H29IN2O4. The first-order valence-corrected chi connectivity index (χ1v) is 14.9. The van der Waals surface area contributed by atoms with E-state index in [-0.39, 0.29) is 5.57 Å². The van der Waals surface area contributed by atoms with Crippen molar-refractivity contribution in [2.24, 2.45) is 0 Å². The molecule has 0 saturated heterocycles. The second kappa shape index (κ2) is 14.4. The van der Waals surface area contributed by atoms with Crippen molar-refractivity contribution in [1.82, 2.24) is 0 Å². The van der Waals surface area contributed by atoms with Gasteiger partial charge in [0, 0.05) is 5.69 Å². The van der Waals surface area contributed by atoms with Crippen LogP contribution in [0, 0.1) is 14.9 Å². The Balaban J connectivity index is 1.28. The van der Waals surface area contributed by atoms with E-state index in [0.717, 1.165) is 25.5 Å². The minimum Gasteiger partial charge on any atom is -0.490 e. The van der Waals surface area contributed by atoms with E-state index in [1.807, 2.05) is 67.6 Å². The predicted octanol–water partition coefficient (Wildman–Crippen LogP) is 8.55. The maximum Gasteiger partial charge on any atom is 0.266 e. The van der Waals surface area contributed by atoms with Crippen molar-refractivity contribution in [3.63, 3.8) is 0 Å². The molecule has 0 radical (unpaired) electrons. The molecule has 0 aliphatic carbocycles. The number of ether oxygens (including phenoxy) is 3. The van der Waals surface area contributed by atoms with E-state index in [1.54, 1.807) is 36.4 Å². The summed E-state index contributed by atoms with van der Waals surface area (Å²) in [7, 11) is 0. The van der Waals surface area contributed by atoms with Gasteiger partial charge in [-0.05, 0) is 99.5 Å². The zero-order chi connectivity index (χ0) is 30.0. The molecule has 0 atom stereocenters. The molecule has 5 rings (SSSR count). The predicted molar refractivity (Wildman–Crippen MR) is 178 cm³/mol. The summed E-state index contributed by atoms with van der Waals surface area (Å²) in [5, 5.41) is 14.9. The van der Waals surface area contributed by atoms with Crippen LogP contribution in [-0.4, -0.2) is 12.5 Å². The maximum atomic E-state index is 13.0. The molecule has 214 valence electrons. The number of nitrogens with zero attached hydrogens (tertiary/aromatic N) is 1. The zero-order valence-corrected chi connectivity index (χ0v) is 25.7. The topological polar surface area (TPSA) is 80.6 Å². The fourth-order valence-corrected chi connectivity index (χ4v) is 5.31. The van der Waals surface area contributed by atoms with Gasteiger partial charge < -0.3 is 19.5 Å². The summed E-state index contributed by atoms with van der Waals surface area (Å²) >= 11 is 2.19. The van der Waals surface area contributed by atoms with Crippen LogP contribution in [0.15, 0.2) is 115 Å². The van der Waals surface area contributed by atoms with Crippen LogP contribution in [0.5, 0.6) is 17.2 Å². The van der Waals surface area contributed by atoms with Crippen LogP contribution in [0.3, 0.4) is 0 Å². The molecule has 5 aromatic carbocycles. The lowest BCUT2D eigenvalue weighted by atomic mass is 10.1. The molecule has 0 fully saturated rings. The molecule has 1 N–H and O–H groups in total. The van der Waals surface area contributed by atoms with Crippen molar-refractivity contribution < 1.29 is 19.0 Å². The molecule has 43 heavy (non-hydrogen) atoms. The van der Waals surface area contributed by atoms with Crippen LogP contribution in [0.1, 0.15) is 23.6 Å². The van der Waals surface area contributed by atoms with Gasteiger partial charge in [0.2, 0.25) is 0 Å². The molecule has 0 saturated carbocycles. The van der Waals surface area contributed by atoms with Crippen molar-refractivity contribution in [2.45, 2.75) is 20.1 Å². The number of benzene rings is 5. The average molecular weight is 681 g/mol. The highest BCUT2D eigenvalue weighted by molar-refractivity contribution is 14.1. The summed E-state index contributed by atoms with van der Waals surface area (Å²) in [6, 6.07) is 36.9. The smallest absolute Gasteiger partial charge is 0.266 e. The SMILES string of the molecule is CCOc1cc(/C=C(\C#N)C(=O)Nc2ccc(OCc3ccccc3)cc2)cc(I)c1OCc1cccc2ccccc12. The molecule has 0 aliphatic rings. The van der Waals surface area contributed by atoms with Gasteiger partial charge in [0.1, 0.15) is 30.6 Å². The van der Waals surface area contributed by atoms with E-state index >= 15 is 0 Å². The van der Waals surface area contributed by atoms with Gasteiger partial charge in [-0.15, -0.1) is 0 Å². The fourth-order valence-electron chi connectivity index (χ4n) is 4.53. The summed E-state index contributed by atoms with van der Waals surface area (Å²) in [6.45, 7) is 3.15. The molecule has 0 spiro atoms. The van der Waals surface area contributed by atoms with Crippen molar-refractivity contribution >= 4 is 51.0 Å². The normalized spacial score (nSPS) is 11.0. The van der Waals surface area contributed by atoms with Crippen molar-refractivity contribution in [3.8, 4) is 23.3 Å². The number of rotatable bonds is 11. The Morgan fingerprint density at radius 1 is 0.860 bits per heavy atom.